The quantitative estimate of drug-likeness (QED) is 0.246. The van der Waals surface area contributed by atoms with Crippen LogP contribution in [0.3, 0.4) is 0 Å². The van der Waals surface area contributed by atoms with E-state index in [1.165, 1.54) is 11.6 Å². The fourth-order valence-corrected chi connectivity index (χ4v) is 6.44. The van der Waals surface area contributed by atoms with Crippen molar-refractivity contribution in [2.75, 3.05) is 18.6 Å². The summed E-state index contributed by atoms with van der Waals surface area (Å²) in [5.41, 5.74) is 2.16. The van der Waals surface area contributed by atoms with Gasteiger partial charge in [0.05, 0.1) is 5.70 Å². The minimum atomic E-state index is -0.536. The van der Waals surface area contributed by atoms with Crippen molar-refractivity contribution in [3.8, 4) is 0 Å². The second kappa shape index (κ2) is 8.94. The van der Waals surface area contributed by atoms with Crippen molar-refractivity contribution in [3.63, 3.8) is 0 Å². The van der Waals surface area contributed by atoms with Crippen molar-refractivity contribution < 1.29 is 14.7 Å². The molecule has 4 unspecified atom stereocenters. The van der Waals surface area contributed by atoms with Crippen LogP contribution >= 0.6 is 11.8 Å². The van der Waals surface area contributed by atoms with Crippen LogP contribution in [0.4, 0.5) is 0 Å². The lowest BCUT2D eigenvalue weighted by Crippen LogP contribution is -2.50. The second-order valence-electron chi connectivity index (χ2n) is 9.91. The van der Waals surface area contributed by atoms with E-state index in [4.69, 9.17) is 0 Å². The maximum Gasteiger partial charge on any atom is 0.232 e. The number of ketones is 2. The molecule has 1 fully saturated rings. The number of Topliss-reactive ketones (excluding diaryl/α,β-unsaturated/α-hetero) is 1. The number of nitrogens with one attached hydrogen (secondary N) is 1. The first-order valence-electron chi connectivity index (χ1n) is 11.3. The fourth-order valence-electron chi connectivity index (χ4n) is 6.01. The smallest absolute Gasteiger partial charge is 0.232 e. The molecule has 3 aliphatic rings. The van der Waals surface area contributed by atoms with E-state index in [1.54, 1.807) is 11.8 Å². The molecule has 2 N–H and O–H groups in total. The van der Waals surface area contributed by atoms with Gasteiger partial charge in [0.25, 0.3) is 0 Å². The number of aliphatic hydroxyl groups is 1. The molecule has 0 spiro atoms. The van der Waals surface area contributed by atoms with Gasteiger partial charge in [-0.25, -0.2) is 0 Å². The van der Waals surface area contributed by atoms with Crippen molar-refractivity contribution in [2.24, 2.45) is 22.7 Å². The Bertz CT molecular complexity index is 811. The first-order valence-corrected chi connectivity index (χ1v) is 12.7. The van der Waals surface area contributed by atoms with Crippen LogP contribution in [0.25, 0.3) is 0 Å². The van der Waals surface area contributed by atoms with Gasteiger partial charge in [0.1, 0.15) is 5.76 Å². The van der Waals surface area contributed by atoms with Crippen molar-refractivity contribution in [1.29, 1.82) is 0 Å². The van der Waals surface area contributed by atoms with Crippen molar-refractivity contribution in [2.45, 2.75) is 66.2 Å². The average molecular weight is 432 g/mol. The lowest BCUT2D eigenvalue weighted by molar-refractivity contribution is -0.132. The standard InChI is InChI=1S/C25H37NO3S/c1-16-8-6-9-21-24(16,3)11-10-17(2)25(21,4)15-18-22(28)19(14-20(27)23(18)29)26-12-7-13-30-5/h8,14,17,21,26,28H,6-7,9-13,15H2,1-5H3. The Labute approximate surface area is 185 Å². The predicted octanol–water partition coefficient (Wildman–Crippen LogP) is 5.37. The van der Waals surface area contributed by atoms with Crippen LogP contribution < -0.4 is 5.32 Å². The fraction of sp³-hybridized carbons (Fsp3) is 0.680. The number of hydrogen-bond acceptors (Lipinski definition) is 5. The predicted molar refractivity (Wildman–Crippen MR) is 124 cm³/mol. The summed E-state index contributed by atoms with van der Waals surface area (Å²) >= 11 is 1.76. The molecule has 1 saturated carbocycles. The Morgan fingerprint density at radius 1 is 1.27 bits per heavy atom. The Balaban J connectivity index is 1.91. The summed E-state index contributed by atoms with van der Waals surface area (Å²) in [5.74, 6) is 0.787. The summed E-state index contributed by atoms with van der Waals surface area (Å²) in [4.78, 5) is 25.3. The van der Waals surface area contributed by atoms with Crippen molar-refractivity contribution in [3.05, 3.63) is 34.8 Å². The van der Waals surface area contributed by atoms with Gasteiger partial charge in [0.2, 0.25) is 11.6 Å². The van der Waals surface area contributed by atoms with E-state index < -0.39 is 11.6 Å². The summed E-state index contributed by atoms with van der Waals surface area (Å²) in [7, 11) is 0. The Morgan fingerprint density at radius 3 is 2.70 bits per heavy atom. The number of rotatable bonds is 7. The second-order valence-corrected chi connectivity index (χ2v) is 10.9. The van der Waals surface area contributed by atoms with Crippen LogP contribution in [0.5, 0.6) is 0 Å². The maximum atomic E-state index is 12.8. The molecule has 3 rings (SSSR count). The van der Waals surface area contributed by atoms with Gasteiger partial charge >= 0.3 is 0 Å². The maximum absolute atomic E-state index is 12.8. The van der Waals surface area contributed by atoms with Gasteiger partial charge in [-0.1, -0.05) is 32.4 Å². The minimum Gasteiger partial charge on any atom is -0.505 e. The molecule has 0 aromatic rings. The average Bonchev–Trinajstić information content (AvgIpc) is 2.71. The number of fused-ring (bicyclic) bond motifs is 1. The van der Waals surface area contributed by atoms with Crippen LogP contribution in [0.1, 0.15) is 66.2 Å². The van der Waals surface area contributed by atoms with Crippen LogP contribution in [0.2, 0.25) is 0 Å². The normalized spacial score (nSPS) is 34.4. The lowest BCUT2D eigenvalue weighted by atomic mass is 9.46. The molecule has 4 atom stereocenters. The number of carbonyl (C=O) groups excluding carboxylic acids is 2. The van der Waals surface area contributed by atoms with Crippen LogP contribution in [0.15, 0.2) is 34.8 Å². The highest BCUT2D eigenvalue weighted by molar-refractivity contribution is 7.98. The van der Waals surface area contributed by atoms with Gasteiger partial charge in [-0.15, -0.1) is 0 Å². The SMILES string of the molecule is CSCCCNC1=CC(=O)C(=O)C(CC2(C)C(C)CCC3(C)C(C)=CCCC32)=C1O. The summed E-state index contributed by atoms with van der Waals surface area (Å²) in [6.07, 6.45) is 11.5. The number of hydrogen-bond donors (Lipinski definition) is 2. The van der Waals surface area contributed by atoms with Gasteiger partial charge in [-0.3, -0.25) is 9.59 Å². The summed E-state index contributed by atoms with van der Waals surface area (Å²) in [5, 5.41) is 14.2. The van der Waals surface area contributed by atoms with Crippen molar-refractivity contribution >= 4 is 23.3 Å². The molecule has 30 heavy (non-hydrogen) atoms. The molecule has 0 bridgehead atoms. The molecule has 0 saturated heterocycles. The number of allylic oxidation sites excluding steroid dienone is 4. The largest absolute Gasteiger partial charge is 0.505 e. The molecule has 0 aliphatic heterocycles. The van der Waals surface area contributed by atoms with Crippen LogP contribution in [0, 0.1) is 22.7 Å². The molecular formula is C25H37NO3S. The highest BCUT2D eigenvalue weighted by Crippen LogP contribution is 2.62. The third-order valence-electron chi connectivity index (χ3n) is 8.31. The summed E-state index contributed by atoms with van der Waals surface area (Å²) < 4.78 is 0. The van der Waals surface area contributed by atoms with E-state index in [2.05, 4.69) is 45.3 Å². The van der Waals surface area contributed by atoms with E-state index in [-0.39, 0.29) is 16.6 Å². The zero-order valence-electron chi connectivity index (χ0n) is 19.1. The molecule has 0 amide bonds. The van der Waals surface area contributed by atoms with E-state index >= 15 is 0 Å². The Hall–Kier alpha value is -1.49. The number of aliphatic hydroxyl groups excluding tert-OH is 1. The molecular weight excluding hydrogens is 394 g/mol. The number of thioether (sulfide) groups is 1. The van der Waals surface area contributed by atoms with Gasteiger partial charge in [0.15, 0.2) is 0 Å². The zero-order valence-corrected chi connectivity index (χ0v) is 20.0. The lowest BCUT2D eigenvalue weighted by Gasteiger charge is -2.58. The van der Waals surface area contributed by atoms with Gasteiger partial charge in [-0.05, 0) is 80.1 Å². The van der Waals surface area contributed by atoms with Crippen LogP contribution in [-0.4, -0.2) is 35.2 Å². The summed E-state index contributed by atoms with van der Waals surface area (Å²) in [6, 6.07) is 0. The van der Waals surface area contributed by atoms with Gasteiger partial charge in [-0.2, -0.15) is 11.8 Å². The zero-order chi connectivity index (χ0) is 22.1. The van der Waals surface area contributed by atoms with E-state index in [0.717, 1.165) is 37.9 Å². The first-order chi connectivity index (χ1) is 14.1. The van der Waals surface area contributed by atoms with Crippen LogP contribution in [-0.2, 0) is 9.59 Å². The third kappa shape index (κ3) is 4.02. The molecule has 166 valence electrons. The molecule has 0 aromatic carbocycles. The van der Waals surface area contributed by atoms with E-state index in [0.29, 0.717) is 36.1 Å². The highest BCUT2D eigenvalue weighted by Gasteiger charge is 2.54. The van der Waals surface area contributed by atoms with E-state index in [1.807, 2.05) is 0 Å². The molecule has 0 aromatic heterocycles. The Morgan fingerprint density at radius 2 is 2.00 bits per heavy atom. The van der Waals surface area contributed by atoms with Crippen molar-refractivity contribution in [1.82, 2.24) is 5.32 Å². The topological polar surface area (TPSA) is 66.4 Å². The first kappa shape index (κ1) is 23.2. The van der Waals surface area contributed by atoms with Gasteiger partial charge < -0.3 is 10.4 Å². The molecule has 4 nitrogen and oxygen atoms in total. The highest BCUT2D eigenvalue weighted by atomic mass is 32.2. The minimum absolute atomic E-state index is 0.0208. The van der Waals surface area contributed by atoms with E-state index in [9.17, 15) is 14.7 Å². The Kier molecular flexibility index (Phi) is 6.91. The molecule has 5 heteroatoms. The summed E-state index contributed by atoms with van der Waals surface area (Å²) in [6.45, 7) is 9.84. The molecule has 3 aliphatic carbocycles. The third-order valence-corrected chi connectivity index (χ3v) is 9.00. The monoisotopic (exact) mass is 431 g/mol. The molecule has 0 radical (unpaired) electrons. The molecule has 0 heterocycles. The number of carbonyl (C=O) groups is 2. The van der Waals surface area contributed by atoms with Gasteiger partial charge in [0, 0.05) is 18.2 Å².